The lowest BCUT2D eigenvalue weighted by molar-refractivity contribution is -0.394. The molecule has 0 saturated heterocycles. The lowest BCUT2D eigenvalue weighted by atomic mass is 10.2. The molecule has 121 valence electrons. The minimum absolute atomic E-state index is 0.244. The van der Waals surface area contributed by atoms with E-state index in [1.54, 1.807) is 4.57 Å². The van der Waals surface area contributed by atoms with E-state index in [2.05, 4.69) is 6.07 Å². The van der Waals surface area contributed by atoms with Crippen molar-refractivity contribution in [2.24, 2.45) is 0 Å². The van der Waals surface area contributed by atoms with E-state index in [9.17, 15) is 20.2 Å². The molecule has 7 nitrogen and oxygen atoms in total. The molecule has 0 atom stereocenters. The van der Waals surface area contributed by atoms with E-state index >= 15 is 0 Å². The van der Waals surface area contributed by atoms with E-state index in [0.717, 1.165) is 21.8 Å². The minimum atomic E-state index is -0.692. The van der Waals surface area contributed by atoms with Gasteiger partial charge in [-0.3, -0.25) is 20.2 Å². The van der Waals surface area contributed by atoms with Crippen molar-refractivity contribution in [3.05, 3.63) is 87.0 Å². The molecule has 4 aromatic rings. The summed E-state index contributed by atoms with van der Waals surface area (Å²) >= 11 is 0. The van der Waals surface area contributed by atoms with Gasteiger partial charge in [0.15, 0.2) is 6.07 Å². The number of para-hydroxylation sites is 2. The first-order valence-corrected chi connectivity index (χ1v) is 7.41. The summed E-state index contributed by atoms with van der Waals surface area (Å²) in [6, 6.07) is 20.0. The average molecular weight is 332 g/mol. The van der Waals surface area contributed by atoms with Gasteiger partial charge < -0.3 is 4.57 Å². The van der Waals surface area contributed by atoms with Crippen LogP contribution in [0.2, 0.25) is 0 Å². The van der Waals surface area contributed by atoms with E-state index in [4.69, 9.17) is 0 Å². The quantitative estimate of drug-likeness (QED) is 0.410. The Morgan fingerprint density at radius 2 is 1.32 bits per heavy atom. The van der Waals surface area contributed by atoms with Gasteiger partial charge in [-0.1, -0.05) is 36.4 Å². The maximum Gasteiger partial charge on any atom is 0.308 e. The van der Waals surface area contributed by atoms with E-state index in [0.29, 0.717) is 0 Å². The molecule has 3 aromatic carbocycles. The summed E-state index contributed by atoms with van der Waals surface area (Å²) in [6.45, 7) is 0. The molecule has 25 heavy (non-hydrogen) atoms. The standard InChI is InChI=1S/C18H10N3O4/c22-20(23)12-9-10-17(18(11-12)21(24)25)19-15-7-3-1-5-13(15)14-6-2-4-8-16(14)19/h1-10H. The van der Waals surface area contributed by atoms with Gasteiger partial charge in [-0.25, -0.2) is 0 Å². The third kappa shape index (κ3) is 2.21. The molecular weight excluding hydrogens is 322 g/mol. The summed E-state index contributed by atoms with van der Waals surface area (Å²) in [4.78, 5) is 21.1. The highest BCUT2D eigenvalue weighted by Gasteiger charge is 2.24. The number of nitro benzene ring substituents is 2. The summed E-state index contributed by atoms with van der Waals surface area (Å²) in [6.07, 6.45) is 0. The van der Waals surface area contributed by atoms with Crippen LogP contribution in [0.5, 0.6) is 0 Å². The average Bonchev–Trinajstić information content (AvgIpc) is 2.95. The number of rotatable bonds is 3. The second kappa shape index (κ2) is 5.41. The lowest BCUT2D eigenvalue weighted by Gasteiger charge is -2.08. The first kappa shape index (κ1) is 14.8. The fraction of sp³-hybridized carbons (Fsp3) is 0. The molecule has 0 amide bonds. The number of nitro groups is 2. The first-order chi connectivity index (χ1) is 12.1. The fourth-order valence-electron chi connectivity index (χ4n) is 3.07. The summed E-state index contributed by atoms with van der Waals surface area (Å²) in [7, 11) is 0. The van der Waals surface area contributed by atoms with Gasteiger partial charge in [0.1, 0.15) is 5.69 Å². The summed E-state index contributed by atoms with van der Waals surface area (Å²) < 4.78 is 1.74. The smallest absolute Gasteiger partial charge is 0.303 e. The number of hydrogen-bond acceptors (Lipinski definition) is 4. The van der Waals surface area contributed by atoms with Crippen LogP contribution in [0.1, 0.15) is 0 Å². The molecule has 0 aliphatic rings. The normalized spacial score (nSPS) is 11.0. The van der Waals surface area contributed by atoms with Crippen molar-refractivity contribution in [2.75, 3.05) is 0 Å². The molecule has 4 rings (SSSR count). The Hall–Kier alpha value is -3.74. The van der Waals surface area contributed by atoms with Crippen molar-refractivity contribution < 1.29 is 9.85 Å². The van der Waals surface area contributed by atoms with Crippen LogP contribution in [0.25, 0.3) is 27.5 Å². The van der Waals surface area contributed by atoms with Crippen LogP contribution in [-0.4, -0.2) is 14.4 Å². The second-order valence-corrected chi connectivity index (χ2v) is 5.46. The SMILES string of the molecule is O=[N+]([O-])c1[c]c([N+](=O)[O-])c(-n2c3ccccc3c3ccccc32)cc1. The van der Waals surface area contributed by atoms with E-state index < -0.39 is 21.2 Å². The zero-order valence-electron chi connectivity index (χ0n) is 12.7. The third-order valence-electron chi connectivity index (χ3n) is 4.09. The summed E-state index contributed by atoms with van der Waals surface area (Å²) in [5.74, 6) is 0. The molecule has 0 aliphatic carbocycles. The summed E-state index contributed by atoms with van der Waals surface area (Å²) in [5.41, 5.74) is 0.952. The van der Waals surface area contributed by atoms with Gasteiger partial charge in [-0.05, 0) is 18.2 Å². The molecule has 0 saturated carbocycles. The van der Waals surface area contributed by atoms with Crippen LogP contribution in [0, 0.1) is 26.3 Å². The monoisotopic (exact) mass is 332 g/mol. The lowest BCUT2D eigenvalue weighted by Crippen LogP contribution is -2.01. The van der Waals surface area contributed by atoms with Crippen LogP contribution < -0.4 is 0 Å². The topological polar surface area (TPSA) is 91.2 Å². The van der Waals surface area contributed by atoms with Gasteiger partial charge >= 0.3 is 5.69 Å². The maximum absolute atomic E-state index is 11.5. The molecule has 0 fully saturated rings. The number of non-ortho nitro benzene ring substituents is 1. The fourth-order valence-corrected chi connectivity index (χ4v) is 3.07. The molecule has 0 bridgehead atoms. The van der Waals surface area contributed by atoms with Gasteiger partial charge in [-0.15, -0.1) is 0 Å². The Labute approximate surface area is 141 Å². The molecule has 1 heterocycles. The van der Waals surface area contributed by atoms with Crippen LogP contribution >= 0.6 is 0 Å². The molecule has 0 N–H and O–H groups in total. The van der Waals surface area contributed by atoms with Crippen molar-refractivity contribution in [3.63, 3.8) is 0 Å². The zero-order chi connectivity index (χ0) is 17.6. The Balaban J connectivity index is 2.14. The van der Waals surface area contributed by atoms with E-state index in [1.807, 2.05) is 48.5 Å². The molecular formula is C18H10N3O4. The molecule has 0 spiro atoms. The highest BCUT2D eigenvalue weighted by molar-refractivity contribution is 6.09. The predicted molar refractivity (Wildman–Crippen MR) is 92.9 cm³/mol. The Morgan fingerprint density at radius 1 is 0.760 bits per heavy atom. The predicted octanol–water partition coefficient (Wildman–Crippen LogP) is 4.40. The van der Waals surface area contributed by atoms with Crippen molar-refractivity contribution in [3.8, 4) is 5.69 Å². The van der Waals surface area contributed by atoms with Gasteiger partial charge in [0.05, 0.1) is 20.9 Å². The van der Waals surface area contributed by atoms with Gasteiger partial charge in [0, 0.05) is 16.8 Å². The number of fused-ring (bicyclic) bond motifs is 3. The Morgan fingerprint density at radius 3 is 1.84 bits per heavy atom. The molecule has 0 unspecified atom stereocenters. The van der Waals surface area contributed by atoms with Crippen molar-refractivity contribution >= 4 is 33.2 Å². The Bertz CT molecular complexity index is 1110. The first-order valence-electron chi connectivity index (χ1n) is 7.41. The second-order valence-electron chi connectivity index (χ2n) is 5.46. The van der Waals surface area contributed by atoms with Gasteiger partial charge in [0.25, 0.3) is 5.69 Å². The van der Waals surface area contributed by atoms with Crippen LogP contribution in [0.3, 0.4) is 0 Å². The summed E-state index contributed by atoms with van der Waals surface area (Å²) in [5, 5.41) is 24.3. The maximum atomic E-state index is 11.5. The van der Waals surface area contributed by atoms with Gasteiger partial charge in [-0.2, -0.15) is 0 Å². The van der Waals surface area contributed by atoms with Crippen molar-refractivity contribution in [1.82, 2.24) is 4.57 Å². The number of aromatic nitrogens is 1. The van der Waals surface area contributed by atoms with Crippen molar-refractivity contribution in [2.45, 2.75) is 0 Å². The minimum Gasteiger partial charge on any atom is -0.303 e. The molecule has 0 aliphatic heterocycles. The molecule has 7 heteroatoms. The highest BCUT2D eigenvalue weighted by Crippen LogP contribution is 2.36. The molecule has 1 radical (unpaired) electrons. The third-order valence-corrected chi connectivity index (χ3v) is 4.09. The Kier molecular flexibility index (Phi) is 3.21. The van der Waals surface area contributed by atoms with Crippen LogP contribution in [-0.2, 0) is 0 Å². The van der Waals surface area contributed by atoms with Crippen molar-refractivity contribution in [1.29, 1.82) is 0 Å². The highest BCUT2D eigenvalue weighted by atomic mass is 16.6. The zero-order valence-corrected chi connectivity index (χ0v) is 12.7. The number of benzene rings is 3. The van der Waals surface area contributed by atoms with E-state index in [-0.39, 0.29) is 5.69 Å². The number of hydrogen-bond donors (Lipinski definition) is 0. The van der Waals surface area contributed by atoms with Gasteiger partial charge in [0.2, 0.25) is 0 Å². The number of nitrogens with zero attached hydrogens (tertiary/aromatic N) is 3. The van der Waals surface area contributed by atoms with Crippen LogP contribution in [0.4, 0.5) is 11.4 Å². The largest absolute Gasteiger partial charge is 0.308 e. The molecule has 1 aromatic heterocycles. The van der Waals surface area contributed by atoms with Crippen LogP contribution in [0.15, 0.2) is 60.7 Å². The van der Waals surface area contributed by atoms with E-state index in [1.165, 1.54) is 12.1 Å².